The predicted molar refractivity (Wildman–Crippen MR) is 77.0 cm³/mol. The summed E-state index contributed by atoms with van der Waals surface area (Å²) in [5.74, 6) is -1.18. The van der Waals surface area contributed by atoms with Crippen molar-refractivity contribution in [1.82, 2.24) is 0 Å². The zero-order valence-electron chi connectivity index (χ0n) is 10.4. The van der Waals surface area contributed by atoms with Gasteiger partial charge in [0.2, 0.25) is 5.78 Å². The average Bonchev–Trinajstić information content (AvgIpc) is 2.91. The molecule has 0 saturated carbocycles. The Morgan fingerprint density at radius 3 is 2.67 bits per heavy atom. The highest BCUT2D eigenvalue weighted by atomic mass is 35.5. The van der Waals surface area contributed by atoms with Gasteiger partial charge < -0.3 is 4.74 Å². The van der Waals surface area contributed by atoms with Gasteiger partial charge in [-0.15, -0.1) is 11.3 Å². The molecule has 108 valence electrons. The second kappa shape index (κ2) is 6.47. The van der Waals surface area contributed by atoms with E-state index in [1.54, 1.807) is 6.07 Å². The zero-order valence-corrected chi connectivity index (χ0v) is 12.0. The lowest BCUT2D eigenvalue weighted by Gasteiger charge is -2.03. The van der Waals surface area contributed by atoms with Gasteiger partial charge in [-0.25, -0.2) is 4.79 Å². The third-order valence-electron chi connectivity index (χ3n) is 2.48. The molecule has 8 heteroatoms. The van der Waals surface area contributed by atoms with Gasteiger partial charge in [0.1, 0.15) is 0 Å². The quantitative estimate of drug-likeness (QED) is 0.364. The molecular formula is C13H8ClNO5S. The molecule has 0 N–H and O–H groups in total. The van der Waals surface area contributed by atoms with Crippen molar-refractivity contribution < 1.29 is 19.2 Å². The SMILES string of the molecule is O=C(OCC(=O)c1ccc(Cl)s1)c1cccc([N+](=O)[O-])c1. The Morgan fingerprint density at radius 2 is 2.05 bits per heavy atom. The topological polar surface area (TPSA) is 86.5 Å². The number of nitro benzene ring substituents is 1. The van der Waals surface area contributed by atoms with Crippen LogP contribution in [-0.4, -0.2) is 23.3 Å². The molecule has 0 atom stereocenters. The largest absolute Gasteiger partial charge is 0.454 e. The van der Waals surface area contributed by atoms with E-state index in [9.17, 15) is 19.7 Å². The number of carbonyl (C=O) groups excluding carboxylic acids is 2. The van der Waals surface area contributed by atoms with Crippen LogP contribution in [-0.2, 0) is 4.74 Å². The molecular weight excluding hydrogens is 318 g/mol. The predicted octanol–water partition coefficient (Wildman–Crippen LogP) is 3.35. The fraction of sp³-hybridized carbons (Fsp3) is 0.0769. The van der Waals surface area contributed by atoms with Crippen molar-refractivity contribution in [3.05, 3.63) is 61.3 Å². The molecule has 2 rings (SSSR count). The number of halogens is 1. The lowest BCUT2D eigenvalue weighted by atomic mass is 10.2. The molecule has 0 radical (unpaired) electrons. The van der Waals surface area contributed by atoms with Crippen LogP contribution in [0.4, 0.5) is 5.69 Å². The van der Waals surface area contributed by atoms with Crippen LogP contribution in [0, 0.1) is 10.1 Å². The van der Waals surface area contributed by atoms with Gasteiger partial charge in [-0.2, -0.15) is 0 Å². The summed E-state index contributed by atoms with van der Waals surface area (Å²) in [4.78, 5) is 33.9. The maximum Gasteiger partial charge on any atom is 0.338 e. The maximum absolute atomic E-state index is 11.7. The van der Waals surface area contributed by atoms with Crippen molar-refractivity contribution in [1.29, 1.82) is 0 Å². The van der Waals surface area contributed by atoms with Crippen molar-refractivity contribution in [3.63, 3.8) is 0 Å². The van der Waals surface area contributed by atoms with E-state index in [-0.39, 0.29) is 17.0 Å². The summed E-state index contributed by atoms with van der Waals surface area (Å²) in [6.45, 7) is -0.446. The lowest BCUT2D eigenvalue weighted by Crippen LogP contribution is -2.13. The number of hydrogen-bond acceptors (Lipinski definition) is 6. The second-order valence-electron chi connectivity index (χ2n) is 3.91. The van der Waals surface area contributed by atoms with Crippen LogP contribution < -0.4 is 0 Å². The molecule has 0 aliphatic rings. The Hall–Kier alpha value is -2.25. The van der Waals surface area contributed by atoms with Gasteiger partial charge >= 0.3 is 5.97 Å². The minimum Gasteiger partial charge on any atom is -0.454 e. The van der Waals surface area contributed by atoms with Gasteiger partial charge in [-0.3, -0.25) is 14.9 Å². The first-order valence-corrected chi connectivity index (χ1v) is 6.87. The first-order chi connectivity index (χ1) is 9.97. The summed E-state index contributed by atoms with van der Waals surface area (Å²) < 4.78 is 5.30. The molecule has 6 nitrogen and oxygen atoms in total. The monoisotopic (exact) mass is 325 g/mol. The number of esters is 1. The molecule has 0 aliphatic heterocycles. The molecule has 0 aliphatic carbocycles. The number of hydrogen-bond donors (Lipinski definition) is 0. The molecule has 0 spiro atoms. The maximum atomic E-state index is 11.7. The van der Waals surface area contributed by atoms with Crippen LogP contribution in [0.3, 0.4) is 0 Å². The van der Waals surface area contributed by atoms with Gasteiger partial charge in [0, 0.05) is 12.1 Å². The van der Waals surface area contributed by atoms with E-state index in [1.807, 2.05) is 0 Å². The van der Waals surface area contributed by atoms with E-state index in [4.69, 9.17) is 16.3 Å². The molecule has 1 heterocycles. The van der Waals surface area contributed by atoms with Crippen LogP contribution in [0.15, 0.2) is 36.4 Å². The van der Waals surface area contributed by atoms with E-state index < -0.39 is 17.5 Å². The van der Waals surface area contributed by atoms with Crippen molar-refractivity contribution in [2.75, 3.05) is 6.61 Å². The number of non-ortho nitro benzene ring substituents is 1. The third-order valence-corrected chi connectivity index (χ3v) is 3.75. The van der Waals surface area contributed by atoms with Crippen molar-refractivity contribution in [2.45, 2.75) is 0 Å². The van der Waals surface area contributed by atoms with Gasteiger partial charge in [-0.05, 0) is 18.2 Å². The van der Waals surface area contributed by atoms with Crippen molar-refractivity contribution in [3.8, 4) is 0 Å². The average molecular weight is 326 g/mol. The Kier molecular flexibility index (Phi) is 4.66. The van der Waals surface area contributed by atoms with Crippen molar-refractivity contribution >= 4 is 40.4 Å². The standard InChI is InChI=1S/C13H8ClNO5S/c14-12-5-4-11(21-12)10(16)7-20-13(17)8-2-1-3-9(6-8)15(18)19/h1-6H,7H2. The normalized spacial score (nSPS) is 10.1. The van der Waals surface area contributed by atoms with Crippen LogP contribution in [0.1, 0.15) is 20.0 Å². The number of carbonyl (C=O) groups is 2. The minimum absolute atomic E-state index is 0.0150. The highest BCUT2D eigenvalue weighted by Gasteiger charge is 2.15. The zero-order chi connectivity index (χ0) is 15.4. The summed E-state index contributed by atoms with van der Waals surface area (Å²) in [6.07, 6.45) is 0. The lowest BCUT2D eigenvalue weighted by molar-refractivity contribution is -0.384. The molecule has 21 heavy (non-hydrogen) atoms. The van der Waals surface area contributed by atoms with Crippen LogP contribution in [0.5, 0.6) is 0 Å². The Labute approximate surface area is 128 Å². The number of ether oxygens (including phenoxy) is 1. The van der Waals surface area contributed by atoms with Crippen molar-refractivity contribution in [2.24, 2.45) is 0 Å². The number of nitro groups is 1. The van der Waals surface area contributed by atoms with Crippen LogP contribution >= 0.6 is 22.9 Å². The van der Waals surface area contributed by atoms with E-state index in [0.29, 0.717) is 9.21 Å². The molecule has 0 unspecified atom stereocenters. The molecule has 0 bridgehead atoms. The summed E-state index contributed by atoms with van der Waals surface area (Å²) >= 11 is 6.79. The summed E-state index contributed by atoms with van der Waals surface area (Å²) in [7, 11) is 0. The molecule has 1 aromatic heterocycles. The highest BCUT2D eigenvalue weighted by molar-refractivity contribution is 7.18. The number of ketones is 1. The van der Waals surface area contributed by atoms with E-state index in [1.165, 1.54) is 24.3 Å². The fourth-order valence-corrected chi connectivity index (χ4v) is 2.46. The molecule has 0 saturated heterocycles. The van der Waals surface area contributed by atoms with Gasteiger partial charge in [0.05, 0.1) is 19.7 Å². The first kappa shape index (κ1) is 15.1. The Morgan fingerprint density at radius 1 is 1.29 bits per heavy atom. The van der Waals surface area contributed by atoms with Crippen LogP contribution in [0.2, 0.25) is 4.34 Å². The van der Waals surface area contributed by atoms with Gasteiger partial charge in [0.25, 0.3) is 5.69 Å². The third kappa shape index (κ3) is 3.87. The fourth-order valence-electron chi connectivity index (χ4n) is 1.50. The molecule has 0 fully saturated rings. The number of Topliss-reactive ketones (excluding diaryl/α,β-unsaturated/α-hetero) is 1. The van der Waals surface area contributed by atoms with E-state index in [0.717, 1.165) is 17.4 Å². The molecule has 0 amide bonds. The highest BCUT2D eigenvalue weighted by Crippen LogP contribution is 2.22. The number of thiophene rings is 1. The summed E-state index contributed by atoms with van der Waals surface area (Å²) in [5.41, 5.74) is -0.206. The number of nitrogens with zero attached hydrogens (tertiary/aromatic N) is 1. The molecule has 2 aromatic rings. The van der Waals surface area contributed by atoms with E-state index >= 15 is 0 Å². The summed E-state index contributed by atoms with van der Waals surface area (Å²) in [6, 6.07) is 8.21. The number of benzene rings is 1. The van der Waals surface area contributed by atoms with E-state index in [2.05, 4.69) is 0 Å². The van der Waals surface area contributed by atoms with Crippen LogP contribution in [0.25, 0.3) is 0 Å². The summed E-state index contributed by atoms with van der Waals surface area (Å²) in [5, 5.41) is 10.6. The second-order valence-corrected chi connectivity index (χ2v) is 5.63. The smallest absolute Gasteiger partial charge is 0.338 e. The van der Waals surface area contributed by atoms with Gasteiger partial charge in [-0.1, -0.05) is 17.7 Å². The van der Waals surface area contributed by atoms with Gasteiger partial charge in [0.15, 0.2) is 6.61 Å². The Balaban J connectivity index is 2.00. The Bertz CT molecular complexity index is 712. The number of rotatable bonds is 5. The molecule has 1 aromatic carbocycles. The minimum atomic E-state index is -0.797. The first-order valence-electron chi connectivity index (χ1n) is 5.67.